The highest BCUT2D eigenvalue weighted by molar-refractivity contribution is 6.11. The van der Waals surface area contributed by atoms with E-state index in [2.05, 4.69) is 9.47 Å². The fourth-order valence-electron chi connectivity index (χ4n) is 2.05. The molecule has 0 aromatic heterocycles. The molecule has 2 rings (SSSR count). The molecule has 6 nitrogen and oxygen atoms in total. The van der Waals surface area contributed by atoms with Crippen LogP contribution in [0.4, 0.5) is 5.69 Å². The summed E-state index contributed by atoms with van der Waals surface area (Å²) in [6.45, 7) is 0. The van der Waals surface area contributed by atoms with Crippen LogP contribution in [0.1, 0.15) is 36.6 Å². The van der Waals surface area contributed by atoms with Crippen molar-refractivity contribution >= 4 is 23.4 Å². The largest absolute Gasteiger partial charge is 0.465 e. The Hall–Kier alpha value is -3.15. The Morgan fingerprint density at radius 2 is 1.30 bits per heavy atom. The number of carbonyl (C=O) groups is 3. The van der Waals surface area contributed by atoms with Crippen LogP contribution < -0.4 is 5.73 Å². The van der Waals surface area contributed by atoms with E-state index in [-0.39, 0.29) is 22.5 Å². The molecule has 0 heterocycles. The third-order valence-electron chi connectivity index (χ3n) is 3.27. The van der Waals surface area contributed by atoms with E-state index >= 15 is 0 Å². The molecule has 0 aliphatic heterocycles. The maximum Gasteiger partial charge on any atom is 0.338 e. The fraction of sp³-hybridized carbons (Fsp3) is 0.118. The summed E-state index contributed by atoms with van der Waals surface area (Å²) in [5.74, 6) is -1.71. The van der Waals surface area contributed by atoms with E-state index in [1.807, 2.05) is 0 Å². The lowest BCUT2D eigenvalue weighted by Gasteiger charge is -2.09. The molecular weight excluding hydrogens is 298 g/mol. The summed E-state index contributed by atoms with van der Waals surface area (Å²) in [6, 6.07) is 10.5. The first-order valence-corrected chi connectivity index (χ1v) is 6.69. The molecule has 118 valence electrons. The monoisotopic (exact) mass is 313 g/mol. The van der Waals surface area contributed by atoms with Gasteiger partial charge in [0.2, 0.25) is 0 Å². The van der Waals surface area contributed by atoms with Crippen molar-refractivity contribution < 1.29 is 23.9 Å². The summed E-state index contributed by atoms with van der Waals surface area (Å²) in [4.78, 5) is 36.0. The minimum atomic E-state index is -0.725. The van der Waals surface area contributed by atoms with Gasteiger partial charge in [0.15, 0.2) is 5.78 Å². The highest BCUT2D eigenvalue weighted by Crippen LogP contribution is 2.18. The molecule has 0 unspecified atom stereocenters. The Balaban J connectivity index is 2.48. The third kappa shape index (κ3) is 3.37. The lowest BCUT2D eigenvalue weighted by atomic mass is 9.98. The molecule has 0 atom stereocenters. The van der Waals surface area contributed by atoms with Crippen molar-refractivity contribution in [3.05, 3.63) is 64.7 Å². The van der Waals surface area contributed by atoms with Crippen molar-refractivity contribution in [1.29, 1.82) is 0 Å². The third-order valence-corrected chi connectivity index (χ3v) is 3.27. The minimum Gasteiger partial charge on any atom is -0.465 e. The highest BCUT2D eigenvalue weighted by atomic mass is 16.5. The molecule has 2 aromatic carbocycles. The topological polar surface area (TPSA) is 95.7 Å². The smallest absolute Gasteiger partial charge is 0.338 e. The van der Waals surface area contributed by atoms with E-state index in [4.69, 9.17) is 5.73 Å². The molecule has 2 N–H and O–H groups in total. The van der Waals surface area contributed by atoms with Crippen LogP contribution in [0.25, 0.3) is 0 Å². The average Bonchev–Trinajstić information content (AvgIpc) is 2.59. The number of hydrogen-bond donors (Lipinski definition) is 1. The lowest BCUT2D eigenvalue weighted by Crippen LogP contribution is -2.13. The Bertz CT molecular complexity index is 765. The van der Waals surface area contributed by atoms with Crippen molar-refractivity contribution in [2.75, 3.05) is 20.0 Å². The van der Waals surface area contributed by atoms with Crippen LogP contribution in [-0.2, 0) is 9.47 Å². The van der Waals surface area contributed by atoms with Crippen molar-refractivity contribution in [1.82, 2.24) is 0 Å². The number of ether oxygens (including phenoxy) is 2. The summed E-state index contributed by atoms with van der Waals surface area (Å²) in [5, 5.41) is 0. The Morgan fingerprint density at radius 1 is 0.783 bits per heavy atom. The van der Waals surface area contributed by atoms with E-state index in [1.165, 1.54) is 32.4 Å². The van der Waals surface area contributed by atoms with E-state index < -0.39 is 11.9 Å². The van der Waals surface area contributed by atoms with Gasteiger partial charge >= 0.3 is 11.9 Å². The van der Waals surface area contributed by atoms with Gasteiger partial charge in [-0.2, -0.15) is 0 Å². The van der Waals surface area contributed by atoms with Crippen LogP contribution in [-0.4, -0.2) is 31.9 Å². The molecule has 0 aliphatic rings. The molecule has 0 saturated carbocycles. The summed E-state index contributed by atoms with van der Waals surface area (Å²) >= 11 is 0. The molecule has 0 spiro atoms. The summed E-state index contributed by atoms with van der Waals surface area (Å²) in [6.07, 6.45) is 0. The number of methoxy groups -OCH3 is 2. The lowest BCUT2D eigenvalue weighted by molar-refractivity contribution is 0.0555. The second-order valence-electron chi connectivity index (χ2n) is 4.69. The maximum absolute atomic E-state index is 12.5. The number of rotatable bonds is 4. The Morgan fingerprint density at radius 3 is 1.87 bits per heavy atom. The fourth-order valence-corrected chi connectivity index (χ4v) is 2.05. The van der Waals surface area contributed by atoms with Crippen LogP contribution in [0.15, 0.2) is 42.5 Å². The summed E-state index contributed by atoms with van der Waals surface area (Å²) in [7, 11) is 2.40. The first kappa shape index (κ1) is 16.2. The average molecular weight is 313 g/mol. The molecular formula is C17H15NO5. The van der Waals surface area contributed by atoms with Crippen molar-refractivity contribution in [2.24, 2.45) is 0 Å². The second-order valence-corrected chi connectivity index (χ2v) is 4.69. The van der Waals surface area contributed by atoms with Gasteiger partial charge in [0.05, 0.1) is 25.3 Å². The predicted molar refractivity (Wildman–Crippen MR) is 83.4 cm³/mol. The molecule has 0 radical (unpaired) electrons. The van der Waals surface area contributed by atoms with Gasteiger partial charge in [-0.3, -0.25) is 4.79 Å². The van der Waals surface area contributed by atoms with Crippen LogP contribution in [0.2, 0.25) is 0 Å². The number of ketones is 1. The van der Waals surface area contributed by atoms with Crippen LogP contribution in [0, 0.1) is 0 Å². The van der Waals surface area contributed by atoms with Gasteiger partial charge in [0.25, 0.3) is 0 Å². The number of esters is 2. The highest BCUT2D eigenvalue weighted by Gasteiger charge is 2.21. The van der Waals surface area contributed by atoms with Crippen molar-refractivity contribution in [3.8, 4) is 0 Å². The zero-order valence-electron chi connectivity index (χ0n) is 12.7. The van der Waals surface area contributed by atoms with Crippen LogP contribution in [0.5, 0.6) is 0 Å². The molecule has 23 heavy (non-hydrogen) atoms. The quantitative estimate of drug-likeness (QED) is 0.527. The van der Waals surface area contributed by atoms with Gasteiger partial charge < -0.3 is 15.2 Å². The van der Waals surface area contributed by atoms with E-state index in [0.29, 0.717) is 11.3 Å². The molecule has 0 aliphatic carbocycles. The van der Waals surface area contributed by atoms with Gasteiger partial charge in [-0.1, -0.05) is 6.07 Å². The number of nitrogen functional groups attached to an aromatic ring is 1. The summed E-state index contributed by atoms with van der Waals surface area (Å²) < 4.78 is 9.28. The van der Waals surface area contributed by atoms with Gasteiger partial charge in [-0.25, -0.2) is 9.59 Å². The van der Waals surface area contributed by atoms with E-state index in [1.54, 1.807) is 24.3 Å². The van der Waals surface area contributed by atoms with E-state index in [0.717, 1.165) is 0 Å². The van der Waals surface area contributed by atoms with Gasteiger partial charge in [0, 0.05) is 16.8 Å². The predicted octanol–water partition coefficient (Wildman–Crippen LogP) is 2.07. The second kappa shape index (κ2) is 6.74. The number of benzene rings is 2. The molecule has 0 bridgehead atoms. The maximum atomic E-state index is 12.5. The zero-order valence-corrected chi connectivity index (χ0v) is 12.7. The number of nitrogens with two attached hydrogens (primary N) is 1. The van der Waals surface area contributed by atoms with Gasteiger partial charge in [-0.15, -0.1) is 0 Å². The Kier molecular flexibility index (Phi) is 4.75. The molecule has 6 heteroatoms. The number of hydrogen-bond acceptors (Lipinski definition) is 6. The standard InChI is InChI=1S/C17H15NO5/c1-22-16(20)13-8-5-11(9-14(13)17(21)23-2)15(19)10-3-6-12(18)7-4-10/h3-9H,18H2,1-2H3. The number of anilines is 1. The first-order chi connectivity index (χ1) is 11.0. The molecule has 2 aromatic rings. The molecule has 0 amide bonds. The SMILES string of the molecule is COC(=O)c1ccc(C(=O)c2ccc(N)cc2)cc1C(=O)OC. The zero-order chi connectivity index (χ0) is 17.0. The normalized spacial score (nSPS) is 10.0. The van der Waals surface area contributed by atoms with Gasteiger partial charge in [0.1, 0.15) is 0 Å². The van der Waals surface area contributed by atoms with Crippen LogP contribution in [0.3, 0.4) is 0 Å². The van der Waals surface area contributed by atoms with Crippen LogP contribution >= 0.6 is 0 Å². The number of carbonyl (C=O) groups excluding carboxylic acids is 3. The Labute approximate surface area is 132 Å². The molecule has 0 saturated heterocycles. The van der Waals surface area contributed by atoms with Crippen molar-refractivity contribution in [2.45, 2.75) is 0 Å². The van der Waals surface area contributed by atoms with Crippen molar-refractivity contribution in [3.63, 3.8) is 0 Å². The first-order valence-electron chi connectivity index (χ1n) is 6.69. The van der Waals surface area contributed by atoms with Gasteiger partial charge in [-0.05, 0) is 36.4 Å². The summed E-state index contributed by atoms with van der Waals surface area (Å²) in [5.41, 5.74) is 6.81. The minimum absolute atomic E-state index is 0.0272. The molecule has 0 fully saturated rings. The van der Waals surface area contributed by atoms with E-state index in [9.17, 15) is 14.4 Å².